The lowest BCUT2D eigenvalue weighted by molar-refractivity contribution is -0.138. The molecule has 6 aromatic rings. The van der Waals surface area contributed by atoms with Crippen LogP contribution in [0.4, 0.5) is 9.59 Å². The molecule has 2 atom stereocenters. The van der Waals surface area contributed by atoms with Gasteiger partial charge in [-0.1, -0.05) is 34.4 Å². The first-order chi connectivity index (χ1) is 42.8. The zero-order valence-corrected chi connectivity index (χ0v) is 57.5. The summed E-state index contributed by atoms with van der Waals surface area (Å²) in [5.41, 5.74) is 11.4. The highest BCUT2D eigenvalue weighted by atomic mass is 35.5. The molecule has 16 nitrogen and oxygen atoms in total. The minimum atomic E-state index is -0.548. The summed E-state index contributed by atoms with van der Waals surface area (Å²) in [5.74, 6) is 1.18. The van der Waals surface area contributed by atoms with Crippen molar-refractivity contribution < 1.29 is 28.7 Å². The van der Waals surface area contributed by atoms with Gasteiger partial charge in [-0.2, -0.15) is 0 Å². The summed E-state index contributed by atoms with van der Waals surface area (Å²) in [6, 6.07) is 20.4. The number of ether oxygens (including phenoxy) is 2. The van der Waals surface area contributed by atoms with Gasteiger partial charge in [0.1, 0.15) is 9.66 Å². The fourth-order valence-electron chi connectivity index (χ4n) is 15.6. The monoisotopic (exact) mass is 1310 g/mol. The van der Waals surface area contributed by atoms with E-state index < -0.39 is 10.8 Å². The molecule has 0 spiro atoms. The number of aromatic amines is 2. The molecule has 0 aliphatic carbocycles. The number of alkyl halides is 1. The molecular formula is C70H96Cl2N10O6S2. The number of carbonyl (C=O) groups excluding carboxylic acids is 4. The third kappa shape index (κ3) is 14.0. The number of fused-ring (bicyclic) bond motifs is 6. The number of carbonyl (C=O) groups is 4. The van der Waals surface area contributed by atoms with Crippen LogP contribution in [0, 0.1) is 27.7 Å². The number of amides is 6. The molecular weight excluding hydrogens is 1210 g/mol. The van der Waals surface area contributed by atoms with E-state index in [1.807, 2.05) is 9.80 Å². The van der Waals surface area contributed by atoms with Crippen LogP contribution in [0.3, 0.4) is 0 Å². The van der Waals surface area contributed by atoms with Gasteiger partial charge in [-0.3, -0.25) is 9.59 Å². The first kappa shape index (κ1) is 66.3. The predicted molar refractivity (Wildman–Crippen MR) is 367 cm³/mol. The van der Waals surface area contributed by atoms with E-state index in [1.165, 1.54) is 92.4 Å². The summed E-state index contributed by atoms with van der Waals surface area (Å²) in [7, 11) is 0. The lowest BCUT2D eigenvalue weighted by atomic mass is 9.88. The van der Waals surface area contributed by atoms with Gasteiger partial charge < -0.3 is 59.9 Å². The Morgan fingerprint density at radius 3 is 1.37 bits per heavy atom. The number of H-pyrrole nitrogens is 2. The minimum Gasteiger partial charge on any atom is -0.378 e. The van der Waals surface area contributed by atoms with Crippen molar-refractivity contribution in [2.24, 2.45) is 0 Å². The summed E-state index contributed by atoms with van der Waals surface area (Å²) in [5, 5.41) is 12.0. The van der Waals surface area contributed by atoms with E-state index in [1.54, 1.807) is 22.7 Å². The van der Waals surface area contributed by atoms with E-state index >= 15 is 0 Å². The number of aryl methyl sites for hydroxylation is 5. The Morgan fingerprint density at radius 2 is 0.967 bits per heavy atom. The third-order valence-corrected chi connectivity index (χ3v) is 23.4. The Bertz CT molecular complexity index is 3460. The standard InChI is InChI=1S/C35H47N5O3S.C26H31ClN2OS.C9H17N3O2.ClH/c1-22-17-23(2)19-24(18-22)31-28(10-12-38-11-9-25(21-38)36-34(42)39-13-15-43-16-14-39)29-20-30(44-32(29)37-31)35(3,4)33(41)40-26-5-6-27(40)8-7-26;1-15-11-16(2)13-17(12-15)23-20(9-10-27)21-14-22(31-24(21)28-23)26(3,4)25(30)29-18-5-6-19(29)8-7-18;13-9(11-8-1-2-10-7-8)12-3-5-14-6-4-12;/h17-20,25-27,37H,5-16,21H2,1-4H3,(H,36,42);11-14,18-19,28H,5-10H2,1-4H3;8,10H,1-7H2,(H,11,13);1H. The lowest BCUT2D eigenvalue weighted by Gasteiger charge is -2.31. The largest absolute Gasteiger partial charge is 0.378 e. The van der Waals surface area contributed by atoms with Crippen molar-refractivity contribution >= 4 is 91.0 Å². The maximum absolute atomic E-state index is 14.0. The Morgan fingerprint density at radius 1 is 0.556 bits per heavy atom. The average molecular weight is 1310 g/mol. The van der Waals surface area contributed by atoms with Crippen molar-refractivity contribution in [3.63, 3.8) is 0 Å². The van der Waals surface area contributed by atoms with Gasteiger partial charge in [-0.05, 0) is 198 Å². The van der Waals surface area contributed by atoms with E-state index in [-0.39, 0.29) is 30.5 Å². The van der Waals surface area contributed by atoms with Gasteiger partial charge in [-0.25, -0.2) is 9.59 Å². The van der Waals surface area contributed by atoms with Gasteiger partial charge in [0.05, 0.1) is 48.6 Å². The molecule has 12 heterocycles. The number of hydrogen-bond acceptors (Lipinski definition) is 10. The van der Waals surface area contributed by atoms with Crippen molar-refractivity contribution in [2.45, 2.75) is 180 Å². The van der Waals surface area contributed by atoms with Crippen molar-refractivity contribution in [1.82, 2.24) is 50.4 Å². The van der Waals surface area contributed by atoms with Crippen molar-refractivity contribution in [2.75, 3.05) is 91.2 Å². The van der Waals surface area contributed by atoms with Crippen molar-refractivity contribution in [3.05, 3.63) is 91.7 Å². The first-order valence-corrected chi connectivity index (χ1v) is 35.4. The van der Waals surface area contributed by atoms with Gasteiger partial charge in [0.25, 0.3) is 0 Å². The predicted octanol–water partition coefficient (Wildman–Crippen LogP) is 12.1. The summed E-state index contributed by atoms with van der Waals surface area (Å²) in [6.07, 6.45) is 13.1. The Hall–Kier alpha value is -5.18. The molecule has 8 aliphatic heterocycles. The van der Waals surface area contributed by atoms with Gasteiger partial charge in [0.2, 0.25) is 11.8 Å². The molecule has 0 saturated carbocycles. The van der Waals surface area contributed by atoms with Crippen LogP contribution in [-0.4, -0.2) is 186 Å². The lowest BCUT2D eigenvalue weighted by Crippen LogP contribution is -2.49. The van der Waals surface area contributed by atoms with Crippen LogP contribution in [0.25, 0.3) is 42.9 Å². The number of thiophene rings is 2. The van der Waals surface area contributed by atoms with E-state index in [2.05, 4.69) is 145 Å². The fraction of sp³-hybridized carbons (Fsp3) is 0.600. The number of nitrogens with zero attached hydrogens (tertiary/aromatic N) is 5. The van der Waals surface area contributed by atoms with Crippen LogP contribution >= 0.6 is 46.7 Å². The number of rotatable bonds is 13. The molecule has 488 valence electrons. The number of benzene rings is 2. The molecule has 4 aromatic heterocycles. The fourth-order valence-corrected chi connectivity index (χ4v) is 18.2. The van der Waals surface area contributed by atoms with Crippen LogP contribution in [-0.2, 0) is 42.7 Å². The number of morpholine rings is 2. The number of hydrogen-bond donors (Lipinski definition) is 5. The molecule has 8 saturated heterocycles. The first-order valence-electron chi connectivity index (χ1n) is 33.2. The Balaban J connectivity index is 0.000000156. The molecule has 6 amide bonds. The SMILES string of the molecule is Cc1cc(C)cc(-c2[nH]c3sc(C(C)(C)C(=O)N4C5CCC4CC5)cc3c2CCCl)c1.Cc1cc(C)cc(-c2[nH]c3sc(C(C)(C)C(=O)N4C5CCC4CC5)cc3c2CCN2CCC(NC(=O)N3CCOCC3)C2)c1.Cl.O=C(NC1CCNC1)N1CCOCC1. The van der Waals surface area contributed by atoms with Gasteiger partial charge >= 0.3 is 12.1 Å². The molecule has 5 N–H and O–H groups in total. The molecule has 4 bridgehead atoms. The molecule has 2 unspecified atom stereocenters. The Kier molecular flexibility index (Phi) is 20.8. The average Bonchev–Trinajstić information content (AvgIpc) is 1.63. The highest BCUT2D eigenvalue weighted by Gasteiger charge is 2.49. The van der Waals surface area contributed by atoms with Gasteiger partial charge in [0, 0.05) is 115 Å². The molecule has 0 radical (unpaired) electrons. The summed E-state index contributed by atoms with van der Waals surface area (Å²) < 4.78 is 10.6. The topological polar surface area (TPSA) is 171 Å². The van der Waals surface area contributed by atoms with Gasteiger partial charge in [0.15, 0.2) is 0 Å². The van der Waals surface area contributed by atoms with Crippen molar-refractivity contribution in [3.8, 4) is 22.5 Å². The minimum absolute atomic E-state index is 0. The number of nitrogens with one attached hydrogen (secondary N) is 5. The number of likely N-dealkylation sites (tertiary alicyclic amines) is 1. The number of aromatic nitrogens is 2. The second kappa shape index (κ2) is 28.2. The van der Waals surface area contributed by atoms with Crippen LogP contribution < -0.4 is 16.0 Å². The highest BCUT2D eigenvalue weighted by Crippen LogP contribution is 2.47. The molecule has 20 heteroatoms. The quantitative estimate of drug-likeness (QED) is 0.0712. The van der Waals surface area contributed by atoms with Crippen LogP contribution in [0.5, 0.6) is 0 Å². The second-order valence-electron chi connectivity index (χ2n) is 27.8. The molecule has 8 fully saturated rings. The van der Waals surface area contributed by atoms with Crippen LogP contribution in [0.1, 0.15) is 135 Å². The molecule has 14 rings (SSSR count). The maximum Gasteiger partial charge on any atom is 0.317 e. The third-order valence-electron chi connectivity index (χ3n) is 20.5. The molecule has 90 heavy (non-hydrogen) atoms. The van der Waals surface area contributed by atoms with Crippen molar-refractivity contribution in [1.29, 1.82) is 0 Å². The molecule has 8 aliphatic rings. The summed E-state index contributed by atoms with van der Waals surface area (Å²) >= 11 is 9.70. The van der Waals surface area contributed by atoms with Crippen LogP contribution in [0.2, 0.25) is 0 Å². The normalized spacial score (nSPS) is 23.3. The zero-order chi connectivity index (χ0) is 62.3. The number of halogens is 2. The number of urea groups is 2. The zero-order valence-electron chi connectivity index (χ0n) is 54.3. The maximum atomic E-state index is 14.0. The molecule has 2 aromatic carbocycles. The summed E-state index contributed by atoms with van der Waals surface area (Å²) in [4.78, 5) is 74.7. The second-order valence-corrected chi connectivity index (χ2v) is 30.3. The van der Waals surface area contributed by atoms with E-state index in [0.717, 1.165) is 104 Å². The highest BCUT2D eigenvalue weighted by molar-refractivity contribution is 7.19. The smallest absolute Gasteiger partial charge is 0.317 e. The van der Waals surface area contributed by atoms with E-state index in [0.29, 0.717) is 101 Å². The van der Waals surface area contributed by atoms with E-state index in [9.17, 15) is 19.2 Å². The summed E-state index contributed by atoms with van der Waals surface area (Å²) in [6.45, 7) is 27.1. The Labute approximate surface area is 551 Å². The van der Waals surface area contributed by atoms with Crippen LogP contribution in [0.15, 0.2) is 48.5 Å². The van der Waals surface area contributed by atoms with Gasteiger partial charge in [-0.15, -0.1) is 46.7 Å². The van der Waals surface area contributed by atoms with E-state index in [4.69, 9.17) is 21.1 Å².